The predicted molar refractivity (Wildman–Crippen MR) is 121 cm³/mol. The highest BCUT2D eigenvalue weighted by Gasteiger charge is 2.57. The van der Waals surface area contributed by atoms with E-state index < -0.39 is 58.2 Å². The monoisotopic (exact) mass is 532 g/mol. The van der Waals surface area contributed by atoms with Crippen molar-refractivity contribution >= 4 is 63.2 Å². The number of thiazole rings is 1. The van der Waals surface area contributed by atoms with Crippen molar-refractivity contribution in [3.8, 4) is 0 Å². The maximum atomic E-state index is 12.9. The van der Waals surface area contributed by atoms with Gasteiger partial charge in [-0.3, -0.25) is 18.7 Å². The molecule has 0 saturated carbocycles. The number of fused-ring (bicyclic) bond motifs is 1. The molecule has 12 nitrogen and oxygen atoms in total. The van der Waals surface area contributed by atoms with Crippen LogP contribution >= 0.6 is 22.9 Å². The molecule has 15 heteroatoms. The zero-order chi connectivity index (χ0) is 25.2. The van der Waals surface area contributed by atoms with Crippen LogP contribution < -0.4 is 5.32 Å². The fraction of sp³-hybridized carbons (Fsp3) is 0.474. The van der Waals surface area contributed by atoms with Gasteiger partial charge in [0.25, 0.3) is 11.8 Å². The van der Waals surface area contributed by atoms with Crippen molar-refractivity contribution in [2.24, 2.45) is 5.16 Å². The average Bonchev–Trinajstić information content (AvgIpc) is 3.27. The largest absolute Gasteiger partial charge is 0.477 e. The quantitative estimate of drug-likeness (QED) is 0.156. The Morgan fingerprint density at radius 2 is 2.12 bits per heavy atom. The summed E-state index contributed by atoms with van der Waals surface area (Å²) in [5.74, 6) is -4.06. The molecule has 2 unspecified atom stereocenters. The molecule has 3 atom stereocenters. The third-order valence-electron chi connectivity index (χ3n) is 4.50. The fourth-order valence-corrected chi connectivity index (χ4v) is 5.78. The first-order chi connectivity index (χ1) is 15.9. The molecule has 3 heterocycles. The van der Waals surface area contributed by atoms with Gasteiger partial charge in [-0.1, -0.05) is 5.16 Å². The number of amides is 2. The van der Waals surface area contributed by atoms with Crippen molar-refractivity contribution in [3.05, 3.63) is 27.9 Å². The number of hydrogen-bond donors (Lipinski definition) is 2. The topological polar surface area (TPSA) is 165 Å². The Morgan fingerprint density at radius 1 is 1.41 bits per heavy atom. The van der Waals surface area contributed by atoms with Crippen LogP contribution in [0.5, 0.6) is 0 Å². The van der Waals surface area contributed by atoms with Gasteiger partial charge >= 0.3 is 11.9 Å². The molecule has 1 aromatic heterocycles. The van der Waals surface area contributed by atoms with Gasteiger partial charge < -0.3 is 20.0 Å². The molecule has 2 aliphatic heterocycles. The molecule has 0 spiro atoms. The standard InChI is InChI=1S/C19H21ClN4O8S2/c1-19(2,3)32-11(25)5-31-23-12(10-6-33-8-21-10)15(26)22-13-16(27)24-14(18(28)29)9(4-20)7-34(30)17(13)24/h6,8,13,17H,4-5,7H2,1-3H3,(H,22,26)(H,28,29)/t13?,17-,34?/m0/s1. The maximum Gasteiger partial charge on any atom is 0.352 e. The van der Waals surface area contributed by atoms with E-state index in [1.165, 1.54) is 22.2 Å². The number of aliphatic carboxylic acids is 1. The number of carbonyl (C=O) groups is 4. The minimum atomic E-state index is -1.70. The first-order valence-corrected chi connectivity index (χ1v) is 12.6. The summed E-state index contributed by atoms with van der Waals surface area (Å²) < 4.78 is 17.8. The Balaban J connectivity index is 1.76. The van der Waals surface area contributed by atoms with E-state index in [9.17, 15) is 28.5 Å². The number of hydrogen-bond acceptors (Lipinski definition) is 10. The van der Waals surface area contributed by atoms with E-state index >= 15 is 0 Å². The number of aromatic nitrogens is 1. The van der Waals surface area contributed by atoms with Crippen LogP contribution in [0.15, 0.2) is 27.3 Å². The molecule has 2 aliphatic rings. The lowest BCUT2D eigenvalue weighted by Gasteiger charge is -2.48. The predicted octanol–water partition coefficient (Wildman–Crippen LogP) is 0.198. The van der Waals surface area contributed by atoms with Gasteiger partial charge in [-0.2, -0.15) is 0 Å². The number of nitrogens with one attached hydrogen (secondary N) is 1. The summed E-state index contributed by atoms with van der Waals surface area (Å²) in [5, 5.41) is 16.0. The summed E-state index contributed by atoms with van der Waals surface area (Å²) >= 11 is 6.93. The van der Waals surface area contributed by atoms with Gasteiger partial charge in [0.15, 0.2) is 5.71 Å². The van der Waals surface area contributed by atoms with Gasteiger partial charge in [-0.15, -0.1) is 22.9 Å². The van der Waals surface area contributed by atoms with Crippen molar-refractivity contribution in [2.45, 2.75) is 37.8 Å². The van der Waals surface area contributed by atoms with E-state index in [0.717, 1.165) is 4.90 Å². The number of rotatable bonds is 8. The molecule has 184 valence electrons. The van der Waals surface area contributed by atoms with E-state index in [4.69, 9.17) is 21.2 Å². The summed E-state index contributed by atoms with van der Waals surface area (Å²) in [7, 11) is -1.70. The smallest absolute Gasteiger partial charge is 0.352 e. The number of halogens is 1. The summed E-state index contributed by atoms with van der Waals surface area (Å²) in [5.41, 5.74) is 0.337. The Labute approximate surface area is 205 Å². The Kier molecular flexibility index (Phi) is 7.73. The molecule has 2 amide bonds. The maximum absolute atomic E-state index is 12.9. The molecule has 1 aromatic rings. The molecule has 0 radical (unpaired) electrons. The number of esters is 1. The fourth-order valence-electron chi connectivity index (χ4n) is 3.22. The second-order valence-corrected chi connectivity index (χ2v) is 10.7. The summed E-state index contributed by atoms with van der Waals surface area (Å²) in [6.45, 7) is 4.46. The number of ether oxygens (including phenoxy) is 1. The lowest BCUT2D eigenvalue weighted by molar-refractivity contribution is -0.160. The van der Waals surface area contributed by atoms with Crippen LogP contribution in [-0.2, 0) is 39.6 Å². The van der Waals surface area contributed by atoms with Crippen molar-refractivity contribution in [3.63, 3.8) is 0 Å². The molecule has 0 bridgehead atoms. The van der Waals surface area contributed by atoms with Crippen molar-refractivity contribution in [1.29, 1.82) is 0 Å². The third kappa shape index (κ3) is 5.45. The molecule has 0 aliphatic carbocycles. The number of nitrogens with zero attached hydrogens (tertiary/aromatic N) is 3. The van der Waals surface area contributed by atoms with Gasteiger partial charge in [0, 0.05) is 11.3 Å². The Bertz CT molecular complexity index is 1100. The number of carboxylic acids is 1. The van der Waals surface area contributed by atoms with Crippen LogP contribution in [0.4, 0.5) is 0 Å². The highest BCUT2D eigenvalue weighted by atomic mass is 35.5. The van der Waals surface area contributed by atoms with Crippen molar-refractivity contribution in [1.82, 2.24) is 15.2 Å². The number of β-lactam (4-membered cyclic amide) rings is 1. The SMILES string of the molecule is CC(C)(C)OC(=O)CON=C(C(=O)NC1C(=O)N2C(C(=O)O)=C(CCl)CS(=O)[C@@H]12)c1cscn1. The Morgan fingerprint density at radius 3 is 2.68 bits per heavy atom. The molecular formula is C19H21ClN4O8S2. The van der Waals surface area contributed by atoms with Crippen LogP contribution in [0, 0.1) is 0 Å². The zero-order valence-corrected chi connectivity index (χ0v) is 20.7. The van der Waals surface area contributed by atoms with E-state index in [0.29, 0.717) is 0 Å². The van der Waals surface area contributed by atoms with Crippen LogP contribution in [0.1, 0.15) is 26.5 Å². The normalized spacial score (nSPS) is 22.6. The highest BCUT2D eigenvalue weighted by molar-refractivity contribution is 7.86. The molecule has 1 saturated heterocycles. The first kappa shape index (κ1) is 25.8. The Hall–Kier alpha value is -2.84. The van der Waals surface area contributed by atoms with Gasteiger partial charge in [-0.25, -0.2) is 14.6 Å². The second kappa shape index (κ2) is 10.2. The molecular weight excluding hydrogens is 512 g/mol. The van der Waals surface area contributed by atoms with E-state index in [2.05, 4.69) is 15.5 Å². The van der Waals surface area contributed by atoms with E-state index in [1.54, 1.807) is 20.8 Å². The van der Waals surface area contributed by atoms with Gasteiger partial charge in [-0.05, 0) is 26.3 Å². The second-order valence-electron chi connectivity index (χ2n) is 8.14. The molecule has 34 heavy (non-hydrogen) atoms. The van der Waals surface area contributed by atoms with Gasteiger partial charge in [0.05, 0.1) is 22.1 Å². The number of oxime groups is 1. The molecule has 0 aromatic carbocycles. The summed E-state index contributed by atoms with van der Waals surface area (Å²) in [6, 6.07) is -1.26. The summed E-state index contributed by atoms with van der Waals surface area (Å²) in [4.78, 5) is 58.9. The minimum Gasteiger partial charge on any atom is -0.477 e. The molecule has 1 fully saturated rings. The lowest BCUT2D eigenvalue weighted by atomic mass is 10.0. The van der Waals surface area contributed by atoms with Crippen molar-refractivity contribution in [2.75, 3.05) is 18.2 Å². The molecule has 2 N–H and O–H groups in total. The summed E-state index contributed by atoms with van der Waals surface area (Å²) in [6.07, 6.45) is 0. The number of carboxylic acid groups (broad SMARTS) is 1. The first-order valence-electron chi connectivity index (χ1n) is 9.77. The third-order valence-corrected chi connectivity index (χ3v) is 7.07. The zero-order valence-electron chi connectivity index (χ0n) is 18.3. The lowest BCUT2D eigenvalue weighted by Crippen LogP contribution is -2.74. The number of alkyl halides is 1. The average molecular weight is 533 g/mol. The molecule has 3 rings (SSSR count). The van der Waals surface area contributed by atoms with Crippen LogP contribution in [0.3, 0.4) is 0 Å². The minimum absolute atomic E-state index is 0.121. The highest BCUT2D eigenvalue weighted by Crippen LogP contribution is 2.35. The van der Waals surface area contributed by atoms with Gasteiger partial charge in [0.1, 0.15) is 28.4 Å². The van der Waals surface area contributed by atoms with E-state index in [-0.39, 0.29) is 34.3 Å². The van der Waals surface area contributed by atoms with Crippen molar-refractivity contribution < 1.29 is 38.1 Å². The number of carbonyl (C=O) groups excluding carboxylic acids is 3. The van der Waals surface area contributed by atoms with E-state index in [1.807, 2.05) is 0 Å². The van der Waals surface area contributed by atoms with Crippen LogP contribution in [0.2, 0.25) is 0 Å². The van der Waals surface area contributed by atoms with Crippen LogP contribution in [0.25, 0.3) is 0 Å². The van der Waals surface area contributed by atoms with Gasteiger partial charge in [0.2, 0.25) is 6.61 Å². The van der Waals surface area contributed by atoms with Crippen LogP contribution in [-0.4, -0.2) is 83.9 Å².